The van der Waals surface area contributed by atoms with Crippen LogP contribution in [0, 0.1) is 0 Å². The van der Waals surface area contributed by atoms with Crippen molar-refractivity contribution in [2.75, 3.05) is 13.7 Å². The third kappa shape index (κ3) is 7.43. The number of carbonyl (C=O) groups excluding carboxylic acids is 2. The first kappa shape index (κ1) is 25.5. The molecule has 1 aromatic rings. The van der Waals surface area contributed by atoms with Crippen LogP contribution in [-0.4, -0.2) is 30.8 Å². The Bertz CT molecular complexity index is 819. The molecule has 0 atom stereocenters. The summed E-state index contributed by atoms with van der Waals surface area (Å²) in [5, 5.41) is 10.3. The summed E-state index contributed by atoms with van der Waals surface area (Å²) in [6.07, 6.45) is 11.9. The first-order valence-electron chi connectivity index (χ1n) is 11.7. The average molecular weight is 445 g/mol. The van der Waals surface area contributed by atoms with Crippen molar-refractivity contribution < 1.29 is 28.9 Å². The van der Waals surface area contributed by atoms with Crippen molar-refractivity contribution in [2.45, 2.75) is 78.1 Å². The van der Waals surface area contributed by atoms with E-state index in [0.29, 0.717) is 11.3 Å². The number of methoxy groups -OCH3 is 1. The van der Waals surface area contributed by atoms with Gasteiger partial charge in [-0.25, -0.2) is 9.59 Å². The zero-order valence-corrected chi connectivity index (χ0v) is 19.6. The minimum Gasteiger partial charge on any atom is -0.504 e. The summed E-state index contributed by atoms with van der Waals surface area (Å²) in [5.74, 6) is -1.18. The van der Waals surface area contributed by atoms with Crippen molar-refractivity contribution in [1.29, 1.82) is 0 Å². The van der Waals surface area contributed by atoms with E-state index in [1.165, 1.54) is 51.9 Å². The summed E-state index contributed by atoms with van der Waals surface area (Å²) in [6, 6.07) is 6.71. The quantitative estimate of drug-likeness (QED) is 0.207. The van der Waals surface area contributed by atoms with Crippen molar-refractivity contribution in [3.63, 3.8) is 0 Å². The Balaban J connectivity index is 1.90. The molecule has 0 aromatic heterocycles. The van der Waals surface area contributed by atoms with Crippen molar-refractivity contribution in [1.82, 2.24) is 0 Å². The van der Waals surface area contributed by atoms with Gasteiger partial charge in [0.1, 0.15) is 11.3 Å². The molecule has 0 bridgehead atoms. The van der Waals surface area contributed by atoms with Crippen LogP contribution in [0.1, 0.15) is 83.6 Å². The fourth-order valence-electron chi connectivity index (χ4n) is 3.58. The van der Waals surface area contributed by atoms with Gasteiger partial charge < -0.3 is 19.3 Å². The predicted molar refractivity (Wildman–Crippen MR) is 124 cm³/mol. The molecule has 0 radical (unpaired) electrons. The van der Waals surface area contributed by atoms with Gasteiger partial charge in [0, 0.05) is 0 Å². The minimum atomic E-state index is -0.675. The van der Waals surface area contributed by atoms with Gasteiger partial charge in [-0.1, -0.05) is 76.8 Å². The first-order chi connectivity index (χ1) is 15.5. The fraction of sp³-hybridized carbons (Fsp3) is 0.538. The molecule has 6 heteroatoms. The number of benzene rings is 1. The Morgan fingerprint density at radius 3 is 2.00 bits per heavy atom. The average Bonchev–Trinajstić information content (AvgIpc) is 3.05. The molecule has 0 aliphatic carbocycles. The van der Waals surface area contributed by atoms with Gasteiger partial charge in [-0.2, -0.15) is 0 Å². The second-order valence-electron chi connectivity index (χ2n) is 8.11. The molecule has 6 nitrogen and oxygen atoms in total. The molecular weight excluding hydrogens is 408 g/mol. The van der Waals surface area contributed by atoms with Gasteiger partial charge in [0.2, 0.25) is 0 Å². The molecule has 1 aliphatic rings. The highest BCUT2D eigenvalue weighted by Gasteiger charge is 2.33. The molecule has 0 saturated carbocycles. The monoisotopic (exact) mass is 444 g/mol. The zero-order chi connectivity index (χ0) is 23.3. The van der Waals surface area contributed by atoms with E-state index in [-0.39, 0.29) is 29.3 Å². The number of rotatable bonds is 14. The Kier molecular flexibility index (Phi) is 10.8. The number of cyclic esters (lactones) is 1. The number of ether oxygens (including phenoxy) is 3. The van der Waals surface area contributed by atoms with E-state index in [1.807, 2.05) is 0 Å². The third-order valence-electron chi connectivity index (χ3n) is 5.61. The lowest BCUT2D eigenvalue weighted by Gasteiger charge is -2.12. The first-order valence-corrected chi connectivity index (χ1v) is 11.7. The molecule has 0 saturated heterocycles. The second-order valence-corrected chi connectivity index (χ2v) is 8.11. The SMILES string of the molecule is CCCCCCCCCCCCOC(=O)/C(=C1/OC(=O)C(C)=C1O)c1ccc(OC)cc1. The van der Waals surface area contributed by atoms with E-state index >= 15 is 0 Å². The maximum Gasteiger partial charge on any atom is 0.343 e. The van der Waals surface area contributed by atoms with E-state index in [0.717, 1.165) is 19.3 Å². The van der Waals surface area contributed by atoms with Gasteiger partial charge in [-0.15, -0.1) is 0 Å². The molecule has 0 amide bonds. The standard InChI is InChI=1S/C26H36O6/c1-4-5-6-7-8-9-10-11-12-13-18-31-26(29)22(20-14-16-21(30-3)17-15-20)24-23(27)19(2)25(28)32-24/h14-17,27H,4-13,18H2,1-3H3/b24-22+. The van der Waals surface area contributed by atoms with Gasteiger partial charge in [0.25, 0.3) is 0 Å². The molecule has 1 aromatic carbocycles. The van der Waals surface area contributed by atoms with Crippen molar-refractivity contribution in [3.8, 4) is 5.75 Å². The third-order valence-corrected chi connectivity index (χ3v) is 5.61. The lowest BCUT2D eigenvalue weighted by molar-refractivity contribution is -0.137. The van der Waals surface area contributed by atoms with Crippen LogP contribution in [0.4, 0.5) is 0 Å². The van der Waals surface area contributed by atoms with Gasteiger partial charge in [0.15, 0.2) is 11.5 Å². The van der Waals surface area contributed by atoms with Crippen LogP contribution in [-0.2, 0) is 19.1 Å². The van der Waals surface area contributed by atoms with Crippen LogP contribution in [0.2, 0.25) is 0 Å². The summed E-state index contributed by atoms with van der Waals surface area (Å²) in [5.41, 5.74) is 0.568. The second kappa shape index (κ2) is 13.6. The molecule has 0 unspecified atom stereocenters. The lowest BCUT2D eigenvalue weighted by Crippen LogP contribution is -2.12. The van der Waals surface area contributed by atoms with Crippen molar-refractivity contribution in [2.24, 2.45) is 0 Å². The summed E-state index contributed by atoms with van der Waals surface area (Å²) in [4.78, 5) is 24.7. The van der Waals surface area contributed by atoms with Crippen molar-refractivity contribution in [3.05, 3.63) is 46.9 Å². The van der Waals surface area contributed by atoms with Gasteiger partial charge in [-0.3, -0.25) is 0 Å². The minimum absolute atomic E-state index is 0.0300. The topological polar surface area (TPSA) is 82.1 Å². The molecule has 2 rings (SSSR count). The van der Waals surface area contributed by atoms with E-state index in [2.05, 4.69) is 6.92 Å². The Hall–Kier alpha value is -2.76. The van der Waals surface area contributed by atoms with Crippen molar-refractivity contribution >= 4 is 17.5 Å². The molecule has 32 heavy (non-hydrogen) atoms. The van der Waals surface area contributed by atoms with Crippen LogP contribution in [0.15, 0.2) is 41.4 Å². The molecule has 0 fully saturated rings. The van der Waals surface area contributed by atoms with Gasteiger partial charge in [0.05, 0.1) is 19.3 Å². The number of hydrogen-bond acceptors (Lipinski definition) is 6. The number of hydrogen-bond donors (Lipinski definition) is 1. The largest absolute Gasteiger partial charge is 0.504 e. The number of esters is 2. The highest BCUT2D eigenvalue weighted by Crippen LogP contribution is 2.32. The maximum atomic E-state index is 12.9. The van der Waals surface area contributed by atoms with E-state index in [1.54, 1.807) is 31.4 Å². The van der Waals surface area contributed by atoms with Crippen LogP contribution < -0.4 is 4.74 Å². The normalized spacial score (nSPS) is 15.0. The summed E-state index contributed by atoms with van der Waals surface area (Å²) in [6.45, 7) is 3.95. The Morgan fingerprint density at radius 1 is 0.938 bits per heavy atom. The number of carbonyl (C=O) groups is 2. The molecule has 1 aliphatic heterocycles. The van der Waals surface area contributed by atoms with Crippen LogP contribution in [0.25, 0.3) is 5.57 Å². The Labute approximate surface area is 191 Å². The highest BCUT2D eigenvalue weighted by atomic mass is 16.6. The molecular formula is C26H36O6. The number of unbranched alkanes of at least 4 members (excludes halogenated alkanes) is 9. The predicted octanol–water partition coefficient (Wildman–Crippen LogP) is 6.26. The molecule has 0 spiro atoms. The van der Waals surface area contributed by atoms with Gasteiger partial charge >= 0.3 is 11.9 Å². The van der Waals surface area contributed by atoms with Gasteiger partial charge in [-0.05, 0) is 31.0 Å². The summed E-state index contributed by atoms with van der Waals surface area (Å²) in [7, 11) is 1.55. The fourth-order valence-corrected chi connectivity index (χ4v) is 3.58. The van der Waals surface area contributed by atoms with Crippen LogP contribution in [0.3, 0.4) is 0 Å². The number of aliphatic hydroxyl groups excluding tert-OH is 1. The highest BCUT2D eigenvalue weighted by molar-refractivity contribution is 6.19. The molecule has 176 valence electrons. The van der Waals surface area contributed by atoms with Crippen LogP contribution in [0.5, 0.6) is 5.75 Å². The molecule has 1 heterocycles. The smallest absolute Gasteiger partial charge is 0.343 e. The maximum absolute atomic E-state index is 12.9. The summed E-state index contributed by atoms with van der Waals surface area (Å²) >= 11 is 0. The van der Waals surface area contributed by atoms with E-state index in [4.69, 9.17) is 14.2 Å². The zero-order valence-electron chi connectivity index (χ0n) is 19.6. The van der Waals surface area contributed by atoms with E-state index < -0.39 is 11.9 Å². The summed E-state index contributed by atoms with van der Waals surface area (Å²) < 4.78 is 15.8. The Morgan fingerprint density at radius 2 is 1.50 bits per heavy atom. The van der Waals surface area contributed by atoms with E-state index in [9.17, 15) is 14.7 Å². The molecule has 1 N–H and O–H groups in total. The van der Waals surface area contributed by atoms with Crippen LogP contribution >= 0.6 is 0 Å². The number of aliphatic hydroxyl groups is 1. The lowest BCUT2D eigenvalue weighted by atomic mass is 10.0.